The van der Waals surface area contributed by atoms with Gasteiger partial charge in [-0.2, -0.15) is 0 Å². The summed E-state index contributed by atoms with van der Waals surface area (Å²) in [6.45, 7) is 4.34. The lowest BCUT2D eigenvalue weighted by Crippen LogP contribution is -2.54. The smallest absolute Gasteiger partial charge is 0.254 e. The van der Waals surface area contributed by atoms with E-state index in [0.29, 0.717) is 17.9 Å². The van der Waals surface area contributed by atoms with E-state index < -0.39 is 12.1 Å². The summed E-state index contributed by atoms with van der Waals surface area (Å²) in [7, 11) is 1.64. The summed E-state index contributed by atoms with van der Waals surface area (Å²) >= 11 is 0. The Hall–Kier alpha value is -4.27. The fourth-order valence-corrected chi connectivity index (χ4v) is 5.52. The van der Waals surface area contributed by atoms with Gasteiger partial charge < -0.3 is 30.3 Å². The zero-order valence-electron chi connectivity index (χ0n) is 23.7. The van der Waals surface area contributed by atoms with Crippen LogP contribution in [-0.2, 0) is 11.4 Å². The third-order valence-corrected chi connectivity index (χ3v) is 7.65. The lowest BCUT2D eigenvalue weighted by atomic mass is 9.84. The number of methoxy groups -OCH3 is 1. The number of ether oxygens (including phenoxy) is 2. The number of nitrogens with zero attached hydrogens (tertiary/aromatic N) is 1. The fourth-order valence-electron chi connectivity index (χ4n) is 5.52. The first-order chi connectivity index (χ1) is 19.8. The second kappa shape index (κ2) is 12.5. The topological polar surface area (TPSA) is 91.9 Å². The minimum Gasteiger partial charge on any atom is -0.497 e. The molecule has 0 bridgehead atoms. The second-order valence-electron chi connectivity index (χ2n) is 10.9. The third-order valence-electron chi connectivity index (χ3n) is 7.65. The van der Waals surface area contributed by atoms with E-state index in [4.69, 9.17) is 9.47 Å². The van der Waals surface area contributed by atoms with Gasteiger partial charge in [-0.05, 0) is 93.6 Å². The summed E-state index contributed by atoms with van der Waals surface area (Å²) in [5.41, 5.74) is 3.20. The van der Waals surface area contributed by atoms with Crippen LogP contribution in [0.2, 0.25) is 0 Å². The summed E-state index contributed by atoms with van der Waals surface area (Å²) < 4.78 is 24.8. The first-order valence-corrected chi connectivity index (χ1v) is 14.1. The van der Waals surface area contributed by atoms with Crippen molar-refractivity contribution in [1.82, 2.24) is 10.6 Å². The van der Waals surface area contributed by atoms with Gasteiger partial charge in [-0.3, -0.25) is 9.59 Å². The van der Waals surface area contributed by atoms with E-state index in [1.165, 1.54) is 24.3 Å². The lowest BCUT2D eigenvalue weighted by molar-refractivity contribution is -0.126. The number of nitrogens with one attached hydrogen (secondary N) is 3. The third kappa shape index (κ3) is 6.73. The molecule has 0 spiro atoms. The first-order valence-electron chi connectivity index (χ1n) is 14.1. The van der Waals surface area contributed by atoms with Gasteiger partial charge in [0.1, 0.15) is 23.9 Å². The molecule has 2 aliphatic rings. The summed E-state index contributed by atoms with van der Waals surface area (Å²) in [6.07, 6.45) is 2.63. The van der Waals surface area contributed by atoms with E-state index in [9.17, 15) is 14.0 Å². The van der Waals surface area contributed by atoms with Crippen LogP contribution in [0, 0.1) is 11.7 Å². The van der Waals surface area contributed by atoms with Gasteiger partial charge in [0.15, 0.2) is 6.29 Å². The zero-order chi connectivity index (χ0) is 28.9. The molecule has 0 saturated heterocycles. The normalized spacial score (nSPS) is 19.7. The molecule has 1 saturated carbocycles. The maximum absolute atomic E-state index is 13.4. The van der Waals surface area contributed by atoms with Crippen molar-refractivity contribution in [1.29, 1.82) is 0 Å². The molecule has 5 rings (SSSR count). The van der Waals surface area contributed by atoms with E-state index in [0.717, 1.165) is 48.4 Å². The highest BCUT2D eigenvalue weighted by atomic mass is 19.1. The molecule has 9 heteroatoms. The van der Waals surface area contributed by atoms with Crippen molar-refractivity contribution in [2.45, 2.75) is 64.5 Å². The van der Waals surface area contributed by atoms with Gasteiger partial charge >= 0.3 is 0 Å². The minimum atomic E-state index is -0.509. The van der Waals surface area contributed by atoms with E-state index in [1.54, 1.807) is 7.11 Å². The summed E-state index contributed by atoms with van der Waals surface area (Å²) in [4.78, 5) is 28.0. The monoisotopic (exact) mass is 560 g/mol. The van der Waals surface area contributed by atoms with Gasteiger partial charge in [-0.1, -0.05) is 12.1 Å². The highest BCUT2D eigenvalue weighted by Gasteiger charge is 2.38. The Morgan fingerprint density at radius 2 is 1.66 bits per heavy atom. The van der Waals surface area contributed by atoms with E-state index in [-0.39, 0.29) is 29.8 Å². The Kier molecular flexibility index (Phi) is 8.61. The number of halogens is 1. The first kappa shape index (κ1) is 28.3. The fraction of sp³-hybridized carbons (Fsp3) is 0.375. The molecule has 8 nitrogen and oxygen atoms in total. The predicted octanol–water partition coefficient (Wildman–Crippen LogP) is 5.44. The quantitative estimate of drug-likeness (QED) is 0.323. The van der Waals surface area contributed by atoms with E-state index in [2.05, 4.69) is 20.9 Å². The minimum absolute atomic E-state index is 0.0184. The molecule has 3 aromatic carbocycles. The molecule has 2 amide bonds. The molecule has 1 aliphatic heterocycles. The van der Waals surface area contributed by atoms with Crippen molar-refractivity contribution < 1.29 is 23.5 Å². The number of anilines is 2. The number of amides is 2. The van der Waals surface area contributed by atoms with E-state index in [1.807, 2.05) is 56.3 Å². The van der Waals surface area contributed by atoms with Crippen LogP contribution in [0.5, 0.6) is 11.5 Å². The molecule has 3 N–H and O–H groups in total. The summed E-state index contributed by atoms with van der Waals surface area (Å²) in [6, 6.07) is 19.3. The van der Waals surface area contributed by atoms with Crippen LogP contribution < -0.4 is 30.3 Å². The number of fused-ring (bicyclic) bond motifs is 1. The Morgan fingerprint density at radius 3 is 2.32 bits per heavy atom. The summed E-state index contributed by atoms with van der Waals surface area (Å²) in [5.74, 6) is 0.889. The van der Waals surface area contributed by atoms with Gasteiger partial charge in [0.2, 0.25) is 5.91 Å². The molecule has 3 aromatic rings. The van der Waals surface area contributed by atoms with Crippen molar-refractivity contribution >= 4 is 23.2 Å². The molecule has 0 aromatic heterocycles. The number of carbonyl (C=O) groups excluding carboxylic acids is 2. The molecule has 1 fully saturated rings. The van der Waals surface area contributed by atoms with Crippen LogP contribution in [0.1, 0.15) is 55.5 Å². The van der Waals surface area contributed by atoms with Gasteiger partial charge in [0, 0.05) is 29.6 Å². The maximum atomic E-state index is 13.4. The molecule has 0 radical (unpaired) electrons. The van der Waals surface area contributed by atoms with Crippen molar-refractivity contribution in [3.05, 3.63) is 83.7 Å². The van der Waals surface area contributed by atoms with Gasteiger partial charge in [0.05, 0.1) is 18.5 Å². The van der Waals surface area contributed by atoms with Gasteiger partial charge in [-0.25, -0.2) is 4.39 Å². The van der Waals surface area contributed by atoms with Crippen molar-refractivity contribution in [2.75, 3.05) is 17.3 Å². The van der Waals surface area contributed by atoms with Crippen LogP contribution in [0.4, 0.5) is 15.8 Å². The molecule has 1 atom stereocenters. The summed E-state index contributed by atoms with van der Waals surface area (Å²) in [5, 5.41) is 9.56. The maximum Gasteiger partial charge on any atom is 0.254 e. The van der Waals surface area contributed by atoms with Crippen LogP contribution >= 0.6 is 0 Å². The average Bonchev–Trinajstić information content (AvgIpc) is 3.33. The largest absolute Gasteiger partial charge is 0.497 e. The van der Waals surface area contributed by atoms with Crippen LogP contribution in [0.3, 0.4) is 0 Å². The second-order valence-corrected chi connectivity index (χ2v) is 10.9. The number of carbonyl (C=O) groups is 2. The number of rotatable bonds is 9. The van der Waals surface area contributed by atoms with Crippen molar-refractivity contribution in [3.8, 4) is 11.5 Å². The number of benzene rings is 3. The van der Waals surface area contributed by atoms with Gasteiger partial charge in [-0.15, -0.1) is 0 Å². The Morgan fingerprint density at radius 1 is 0.976 bits per heavy atom. The van der Waals surface area contributed by atoms with Crippen LogP contribution in [0.15, 0.2) is 66.7 Å². The molecular formula is C32H37FN4O4. The van der Waals surface area contributed by atoms with Crippen molar-refractivity contribution in [2.24, 2.45) is 5.92 Å². The predicted molar refractivity (Wildman–Crippen MR) is 157 cm³/mol. The Labute approximate surface area is 240 Å². The zero-order valence-corrected chi connectivity index (χ0v) is 23.7. The Bertz CT molecular complexity index is 1360. The van der Waals surface area contributed by atoms with Crippen LogP contribution in [-0.4, -0.2) is 37.3 Å². The van der Waals surface area contributed by atoms with Crippen molar-refractivity contribution in [3.63, 3.8) is 0 Å². The SMILES string of the molecule is COc1ccc(COc2ccc3c(c2)N([C@H]2CC[C@@H](C(=O)NC(C)C)CC2)C(NC(=O)c2ccc(F)cc2)N3)cc1. The highest BCUT2D eigenvalue weighted by Crippen LogP contribution is 2.42. The Balaban J connectivity index is 1.34. The van der Waals surface area contributed by atoms with Crippen LogP contribution in [0.25, 0.3) is 0 Å². The highest BCUT2D eigenvalue weighted by molar-refractivity contribution is 5.95. The lowest BCUT2D eigenvalue weighted by Gasteiger charge is -2.39. The molecule has 1 aliphatic carbocycles. The number of hydrogen-bond donors (Lipinski definition) is 3. The van der Waals surface area contributed by atoms with Gasteiger partial charge in [0.25, 0.3) is 5.91 Å². The average molecular weight is 561 g/mol. The standard InChI is InChI=1S/C32H37FN4O4/c1-20(2)34-30(38)23-8-12-25(13-9-23)37-29-18-27(41-19-21-4-14-26(40-3)15-5-21)16-17-28(29)35-32(37)36-31(39)22-6-10-24(33)11-7-22/h4-7,10-11,14-18,20,23,25,32,35H,8-9,12-13,19H2,1-3H3,(H,34,38)(H,36,39)/t23-,25+,32?. The molecule has 1 unspecified atom stereocenters. The molecular weight excluding hydrogens is 523 g/mol. The number of hydrogen-bond acceptors (Lipinski definition) is 6. The van der Waals surface area contributed by atoms with E-state index >= 15 is 0 Å². The molecule has 41 heavy (non-hydrogen) atoms. The molecule has 1 heterocycles. The molecule has 216 valence electrons.